The SMILES string of the molecule is CN1CCC(c2ccc(Br)cc2)C1CN. The lowest BCUT2D eigenvalue weighted by molar-refractivity contribution is 0.304. The maximum absolute atomic E-state index is 5.83. The molecule has 0 aliphatic carbocycles. The van der Waals surface area contributed by atoms with Gasteiger partial charge in [0.1, 0.15) is 0 Å². The highest BCUT2D eigenvalue weighted by Gasteiger charge is 2.31. The van der Waals surface area contributed by atoms with Gasteiger partial charge in [0.05, 0.1) is 0 Å². The lowest BCUT2D eigenvalue weighted by Crippen LogP contribution is -2.35. The van der Waals surface area contributed by atoms with Gasteiger partial charge in [0.2, 0.25) is 0 Å². The van der Waals surface area contributed by atoms with E-state index in [1.54, 1.807) is 0 Å². The van der Waals surface area contributed by atoms with Gasteiger partial charge in [0, 0.05) is 23.0 Å². The minimum Gasteiger partial charge on any atom is -0.329 e. The summed E-state index contributed by atoms with van der Waals surface area (Å²) in [6.45, 7) is 1.90. The zero-order chi connectivity index (χ0) is 10.8. The van der Waals surface area contributed by atoms with Gasteiger partial charge in [-0.05, 0) is 37.7 Å². The van der Waals surface area contributed by atoms with E-state index in [0.717, 1.165) is 17.6 Å². The smallest absolute Gasteiger partial charge is 0.0284 e. The van der Waals surface area contributed by atoms with Gasteiger partial charge >= 0.3 is 0 Å². The van der Waals surface area contributed by atoms with Crippen molar-refractivity contribution in [2.24, 2.45) is 5.73 Å². The summed E-state index contributed by atoms with van der Waals surface area (Å²) in [5, 5.41) is 0. The van der Waals surface area contributed by atoms with Crippen LogP contribution in [0.2, 0.25) is 0 Å². The zero-order valence-electron chi connectivity index (χ0n) is 8.99. The van der Waals surface area contributed by atoms with Gasteiger partial charge in [0.15, 0.2) is 0 Å². The predicted octanol–water partition coefficient (Wildman–Crippen LogP) is 2.20. The lowest BCUT2D eigenvalue weighted by atomic mass is 9.92. The second-order valence-corrected chi connectivity index (χ2v) is 5.15. The Morgan fingerprint density at radius 3 is 2.67 bits per heavy atom. The number of likely N-dealkylation sites (N-methyl/N-ethyl adjacent to an activating group) is 1. The van der Waals surface area contributed by atoms with Crippen LogP contribution in [0, 0.1) is 0 Å². The van der Waals surface area contributed by atoms with Crippen molar-refractivity contribution in [3.8, 4) is 0 Å². The largest absolute Gasteiger partial charge is 0.329 e. The third kappa shape index (κ3) is 2.25. The van der Waals surface area contributed by atoms with Crippen molar-refractivity contribution >= 4 is 15.9 Å². The number of halogens is 1. The lowest BCUT2D eigenvalue weighted by Gasteiger charge is -2.23. The van der Waals surface area contributed by atoms with E-state index in [9.17, 15) is 0 Å². The van der Waals surface area contributed by atoms with E-state index >= 15 is 0 Å². The van der Waals surface area contributed by atoms with E-state index in [1.807, 2.05) is 0 Å². The van der Waals surface area contributed by atoms with Gasteiger partial charge in [-0.2, -0.15) is 0 Å². The molecular weight excluding hydrogens is 252 g/mol. The van der Waals surface area contributed by atoms with Crippen LogP contribution in [-0.4, -0.2) is 31.1 Å². The van der Waals surface area contributed by atoms with Gasteiger partial charge < -0.3 is 10.6 Å². The van der Waals surface area contributed by atoms with Crippen LogP contribution in [-0.2, 0) is 0 Å². The first-order valence-corrected chi connectivity index (χ1v) is 6.17. The van der Waals surface area contributed by atoms with Crippen LogP contribution >= 0.6 is 15.9 Å². The Labute approximate surface area is 99.6 Å². The van der Waals surface area contributed by atoms with Crippen LogP contribution in [0.15, 0.2) is 28.7 Å². The molecule has 1 fully saturated rings. The van der Waals surface area contributed by atoms with Crippen LogP contribution in [0.5, 0.6) is 0 Å². The third-order valence-electron chi connectivity index (χ3n) is 3.36. The molecule has 0 aromatic heterocycles. The molecule has 2 rings (SSSR count). The van der Waals surface area contributed by atoms with E-state index in [-0.39, 0.29) is 0 Å². The number of hydrogen-bond acceptors (Lipinski definition) is 2. The Hall–Kier alpha value is -0.380. The van der Waals surface area contributed by atoms with E-state index in [4.69, 9.17) is 5.73 Å². The number of rotatable bonds is 2. The van der Waals surface area contributed by atoms with E-state index in [2.05, 4.69) is 52.1 Å². The van der Waals surface area contributed by atoms with Crippen LogP contribution in [0.4, 0.5) is 0 Å². The van der Waals surface area contributed by atoms with E-state index in [1.165, 1.54) is 12.0 Å². The fraction of sp³-hybridized carbons (Fsp3) is 0.500. The Bertz CT molecular complexity index is 323. The first-order chi connectivity index (χ1) is 7.22. The van der Waals surface area contributed by atoms with Crippen LogP contribution < -0.4 is 5.73 Å². The summed E-state index contributed by atoms with van der Waals surface area (Å²) in [6, 6.07) is 9.14. The number of benzene rings is 1. The van der Waals surface area contributed by atoms with Crippen molar-refractivity contribution in [1.82, 2.24) is 4.90 Å². The van der Waals surface area contributed by atoms with E-state index < -0.39 is 0 Å². The van der Waals surface area contributed by atoms with Crippen molar-refractivity contribution in [2.45, 2.75) is 18.4 Å². The molecule has 1 aromatic rings. The predicted molar refractivity (Wildman–Crippen MR) is 67.0 cm³/mol. The molecule has 1 aromatic carbocycles. The highest BCUT2D eigenvalue weighted by Crippen LogP contribution is 2.32. The molecule has 1 aliphatic heterocycles. The normalized spacial score (nSPS) is 27.1. The Kier molecular flexibility index (Phi) is 3.44. The summed E-state index contributed by atoms with van der Waals surface area (Å²) in [5.74, 6) is 0.605. The molecule has 3 heteroatoms. The molecule has 1 aliphatic rings. The number of likely N-dealkylation sites (tertiary alicyclic amines) is 1. The minimum absolute atomic E-state index is 0.506. The first kappa shape index (κ1) is 11.1. The monoisotopic (exact) mass is 268 g/mol. The molecular formula is C12H17BrN2. The molecule has 2 atom stereocenters. The maximum atomic E-state index is 5.83. The zero-order valence-corrected chi connectivity index (χ0v) is 10.6. The van der Waals surface area contributed by atoms with Gasteiger partial charge in [-0.25, -0.2) is 0 Å². The second-order valence-electron chi connectivity index (χ2n) is 4.23. The fourth-order valence-electron chi connectivity index (χ4n) is 2.45. The highest BCUT2D eigenvalue weighted by molar-refractivity contribution is 9.10. The molecule has 0 bridgehead atoms. The highest BCUT2D eigenvalue weighted by atomic mass is 79.9. The average molecular weight is 269 g/mol. The number of nitrogens with zero attached hydrogens (tertiary/aromatic N) is 1. The molecule has 1 saturated heterocycles. The van der Waals surface area contributed by atoms with E-state index in [0.29, 0.717) is 12.0 Å². The molecule has 0 amide bonds. The molecule has 2 nitrogen and oxygen atoms in total. The van der Waals surface area contributed by atoms with Gasteiger partial charge in [0.25, 0.3) is 0 Å². The molecule has 0 radical (unpaired) electrons. The average Bonchev–Trinajstić information content (AvgIpc) is 2.61. The molecule has 0 spiro atoms. The Morgan fingerprint density at radius 1 is 1.40 bits per heavy atom. The summed E-state index contributed by atoms with van der Waals surface area (Å²) in [7, 11) is 2.16. The van der Waals surface area contributed by atoms with Crippen LogP contribution in [0.1, 0.15) is 17.9 Å². The van der Waals surface area contributed by atoms with Crippen molar-refractivity contribution in [3.05, 3.63) is 34.3 Å². The van der Waals surface area contributed by atoms with Crippen molar-refractivity contribution in [3.63, 3.8) is 0 Å². The molecule has 0 saturated carbocycles. The molecule has 15 heavy (non-hydrogen) atoms. The third-order valence-corrected chi connectivity index (χ3v) is 3.89. The first-order valence-electron chi connectivity index (χ1n) is 5.38. The van der Waals surface area contributed by atoms with Crippen molar-refractivity contribution < 1.29 is 0 Å². The summed E-state index contributed by atoms with van der Waals surface area (Å²) >= 11 is 3.46. The minimum atomic E-state index is 0.506. The Morgan fingerprint density at radius 2 is 2.07 bits per heavy atom. The fourth-order valence-corrected chi connectivity index (χ4v) is 2.72. The summed E-state index contributed by atoms with van der Waals surface area (Å²) in [6.07, 6.45) is 1.22. The summed E-state index contributed by atoms with van der Waals surface area (Å²) in [4.78, 5) is 2.37. The van der Waals surface area contributed by atoms with Gasteiger partial charge in [-0.3, -0.25) is 0 Å². The van der Waals surface area contributed by atoms with Crippen molar-refractivity contribution in [2.75, 3.05) is 20.1 Å². The molecule has 2 N–H and O–H groups in total. The topological polar surface area (TPSA) is 29.3 Å². The Balaban J connectivity index is 2.20. The standard InChI is InChI=1S/C12H17BrN2/c1-15-7-6-11(12(15)8-14)9-2-4-10(13)5-3-9/h2-5,11-12H,6-8,14H2,1H3. The van der Waals surface area contributed by atoms with Crippen LogP contribution in [0.3, 0.4) is 0 Å². The maximum Gasteiger partial charge on any atom is 0.0284 e. The van der Waals surface area contributed by atoms with Gasteiger partial charge in [-0.1, -0.05) is 28.1 Å². The van der Waals surface area contributed by atoms with Crippen LogP contribution in [0.25, 0.3) is 0 Å². The van der Waals surface area contributed by atoms with Gasteiger partial charge in [-0.15, -0.1) is 0 Å². The number of hydrogen-bond donors (Lipinski definition) is 1. The summed E-state index contributed by atoms with van der Waals surface area (Å²) in [5.41, 5.74) is 7.25. The van der Waals surface area contributed by atoms with Crippen molar-refractivity contribution in [1.29, 1.82) is 0 Å². The molecule has 1 heterocycles. The summed E-state index contributed by atoms with van der Waals surface area (Å²) < 4.78 is 1.14. The second kappa shape index (κ2) is 4.64. The quantitative estimate of drug-likeness (QED) is 0.891. The number of nitrogens with two attached hydrogens (primary N) is 1. The molecule has 82 valence electrons. The molecule has 2 unspecified atom stereocenters.